The van der Waals surface area contributed by atoms with Gasteiger partial charge in [0.05, 0.1) is 7.11 Å². The Kier molecular flexibility index (Phi) is 4.80. The van der Waals surface area contributed by atoms with Crippen molar-refractivity contribution in [1.29, 1.82) is 0 Å². The van der Waals surface area contributed by atoms with Gasteiger partial charge in [-0.05, 0) is 44.0 Å². The largest absolute Gasteiger partial charge is 0.497 e. The fourth-order valence-corrected chi connectivity index (χ4v) is 2.49. The molecule has 0 unspecified atom stereocenters. The number of amides is 1. The van der Waals surface area contributed by atoms with Crippen LogP contribution in [0.4, 0.5) is 0 Å². The van der Waals surface area contributed by atoms with Gasteiger partial charge in [0.25, 0.3) is 0 Å². The van der Waals surface area contributed by atoms with Crippen LogP contribution in [0.5, 0.6) is 5.75 Å². The number of piperidine rings is 1. The van der Waals surface area contributed by atoms with Gasteiger partial charge in [0.2, 0.25) is 5.91 Å². The van der Waals surface area contributed by atoms with Gasteiger partial charge >= 0.3 is 0 Å². The van der Waals surface area contributed by atoms with E-state index in [9.17, 15) is 4.79 Å². The van der Waals surface area contributed by atoms with Crippen molar-refractivity contribution in [3.63, 3.8) is 0 Å². The van der Waals surface area contributed by atoms with Crippen LogP contribution in [0.15, 0.2) is 24.3 Å². The summed E-state index contributed by atoms with van der Waals surface area (Å²) in [4.78, 5) is 12.1. The normalized spacial score (nSPS) is 22.8. The van der Waals surface area contributed by atoms with E-state index < -0.39 is 0 Å². The summed E-state index contributed by atoms with van der Waals surface area (Å²) in [5.74, 6) is 1.13. The molecule has 0 radical (unpaired) electrons. The van der Waals surface area contributed by atoms with Crippen LogP contribution >= 0.6 is 0 Å². The van der Waals surface area contributed by atoms with Crippen LogP contribution < -0.4 is 15.4 Å². The van der Waals surface area contributed by atoms with Crippen LogP contribution in [0.3, 0.4) is 0 Å². The Hall–Kier alpha value is -1.55. The van der Waals surface area contributed by atoms with Crippen molar-refractivity contribution in [2.45, 2.75) is 32.4 Å². The van der Waals surface area contributed by atoms with Crippen molar-refractivity contribution < 1.29 is 9.53 Å². The molecule has 1 amide bonds. The van der Waals surface area contributed by atoms with Gasteiger partial charge in [-0.25, -0.2) is 0 Å². The van der Waals surface area contributed by atoms with Crippen LogP contribution in [-0.4, -0.2) is 25.6 Å². The van der Waals surface area contributed by atoms with Crippen LogP contribution in [-0.2, 0) is 11.3 Å². The van der Waals surface area contributed by atoms with Gasteiger partial charge in [0.1, 0.15) is 5.75 Å². The van der Waals surface area contributed by atoms with E-state index in [1.165, 1.54) is 0 Å². The highest BCUT2D eigenvalue weighted by atomic mass is 16.5. The van der Waals surface area contributed by atoms with Crippen molar-refractivity contribution in [1.82, 2.24) is 10.6 Å². The molecule has 4 heteroatoms. The summed E-state index contributed by atoms with van der Waals surface area (Å²) >= 11 is 0. The highest BCUT2D eigenvalue weighted by Gasteiger charge is 2.24. The zero-order valence-corrected chi connectivity index (χ0v) is 11.6. The molecule has 1 saturated heterocycles. The highest BCUT2D eigenvalue weighted by molar-refractivity contribution is 5.78. The lowest BCUT2D eigenvalue weighted by Gasteiger charge is -2.27. The SMILES string of the molecule is COc1cccc(CNC(=O)[C@H]2CCN[C@@H](C)C2)c1. The van der Waals surface area contributed by atoms with Gasteiger partial charge in [-0.1, -0.05) is 12.1 Å². The molecule has 0 saturated carbocycles. The number of hydrogen-bond acceptors (Lipinski definition) is 3. The van der Waals surface area contributed by atoms with Crippen molar-refractivity contribution >= 4 is 5.91 Å². The molecule has 1 heterocycles. The Morgan fingerprint density at radius 3 is 3.11 bits per heavy atom. The molecule has 2 N–H and O–H groups in total. The van der Waals surface area contributed by atoms with Crippen molar-refractivity contribution in [3.8, 4) is 5.75 Å². The molecule has 0 bridgehead atoms. The number of hydrogen-bond donors (Lipinski definition) is 2. The summed E-state index contributed by atoms with van der Waals surface area (Å²) in [5.41, 5.74) is 1.06. The minimum Gasteiger partial charge on any atom is -0.497 e. The van der Waals surface area contributed by atoms with Crippen LogP contribution in [0.1, 0.15) is 25.3 Å². The van der Waals surface area contributed by atoms with Crippen molar-refractivity contribution in [2.75, 3.05) is 13.7 Å². The number of benzene rings is 1. The fraction of sp³-hybridized carbons (Fsp3) is 0.533. The number of carbonyl (C=O) groups is 1. The van der Waals surface area contributed by atoms with E-state index in [4.69, 9.17) is 4.74 Å². The van der Waals surface area contributed by atoms with E-state index in [1.807, 2.05) is 24.3 Å². The molecule has 0 aliphatic carbocycles. The van der Waals surface area contributed by atoms with E-state index in [1.54, 1.807) is 7.11 Å². The van der Waals surface area contributed by atoms with Gasteiger partial charge in [-0.2, -0.15) is 0 Å². The summed E-state index contributed by atoms with van der Waals surface area (Å²) < 4.78 is 5.17. The predicted molar refractivity (Wildman–Crippen MR) is 75.0 cm³/mol. The fourth-order valence-electron chi connectivity index (χ4n) is 2.49. The van der Waals surface area contributed by atoms with E-state index in [0.29, 0.717) is 12.6 Å². The number of nitrogens with one attached hydrogen (secondary N) is 2. The Balaban J connectivity index is 1.85. The first-order valence-electron chi connectivity index (χ1n) is 6.83. The lowest BCUT2D eigenvalue weighted by Crippen LogP contribution is -2.42. The minimum absolute atomic E-state index is 0.141. The van der Waals surface area contributed by atoms with Crippen molar-refractivity contribution in [2.24, 2.45) is 5.92 Å². The molecule has 1 aliphatic heterocycles. The third-order valence-electron chi connectivity index (χ3n) is 3.60. The standard InChI is InChI=1S/C15H22N2O2/c1-11-8-13(6-7-16-11)15(18)17-10-12-4-3-5-14(9-12)19-2/h3-5,9,11,13,16H,6-8,10H2,1-2H3,(H,17,18)/t11-,13-/m0/s1. The molecule has 1 fully saturated rings. The molecule has 104 valence electrons. The van der Waals surface area contributed by atoms with Gasteiger partial charge in [0.15, 0.2) is 0 Å². The zero-order chi connectivity index (χ0) is 13.7. The lowest BCUT2D eigenvalue weighted by molar-refractivity contribution is -0.126. The highest BCUT2D eigenvalue weighted by Crippen LogP contribution is 2.17. The molecule has 4 nitrogen and oxygen atoms in total. The monoisotopic (exact) mass is 262 g/mol. The molecule has 1 aromatic rings. The molecule has 0 spiro atoms. The maximum absolute atomic E-state index is 12.1. The van der Waals surface area contributed by atoms with Gasteiger partial charge in [-0.15, -0.1) is 0 Å². The Morgan fingerprint density at radius 1 is 1.53 bits per heavy atom. The second-order valence-corrected chi connectivity index (χ2v) is 5.15. The molecular weight excluding hydrogens is 240 g/mol. The van der Waals surface area contributed by atoms with E-state index >= 15 is 0 Å². The maximum atomic E-state index is 12.1. The van der Waals surface area contributed by atoms with Gasteiger partial charge < -0.3 is 15.4 Å². The number of methoxy groups -OCH3 is 1. The first-order chi connectivity index (χ1) is 9.19. The molecule has 0 aromatic heterocycles. The van der Waals surface area contributed by atoms with E-state index in [0.717, 1.165) is 30.7 Å². The summed E-state index contributed by atoms with van der Waals surface area (Å²) in [5, 5.41) is 6.38. The Labute approximate surface area is 114 Å². The Morgan fingerprint density at radius 2 is 2.37 bits per heavy atom. The average molecular weight is 262 g/mol. The van der Waals surface area contributed by atoms with Gasteiger partial charge in [0, 0.05) is 18.5 Å². The third-order valence-corrected chi connectivity index (χ3v) is 3.60. The van der Waals surface area contributed by atoms with Crippen molar-refractivity contribution in [3.05, 3.63) is 29.8 Å². The first kappa shape index (κ1) is 13.9. The summed E-state index contributed by atoms with van der Waals surface area (Å²) in [6, 6.07) is 8.22. The van der Waals surface area contributed by atoms with Crippen LogP contribution in [0.2, 0.25) is 0 Å². The third kappa shape index (κ3) is 3.96. The lowest BCUT2D eigenvalue weighted by atomic mass is 9.92. The minimum atomic E-state index is 0.141. The number of carbonyl (C=O) groups excluding carboxylic acids is 1. The van der Waals surface area contributed by atoms with Gasteiger partial charge in [-0.3, -0.25) is 4.79 Å². The van der Waals surface area contributed by atoms with Crippen LogP contribution in [0.25, 0.3) is 0 Å². The van der Waals surface area contributed by atoms with E-state index in [2.05, 4.69) is 17.6 Å². The van der Waals surface area contributed by atoms with Crippen LogP contribution in [0, 0.1) is 5.92 Å². The second-order valence-electron chi connectivity index (χ2n) is 5.15. The summed E-state index contributed by atoms with van der Waals surface area (Å²) in [6.45, 7) is 3.62. The Bertz CT molecular complexity index is 434. The molecule has 1 aliphatic rings. The topological polar surface area (TPSA) is 50.4 Å². The second kappa shape index (κ2) is 6.57. The number of rotatable bonds is 4. The molecule has 1 aromatic carbocycles. The molecule has 2 atom stereocenters. The smallest absolute Gasteiger partial charge is 0.223 e. The maximum Gasteiger partial charge on any atom is 0.223 e. The average Bonchev–Trinajstić information content (AvgIpc) is 2.45. The molecule has 19 heavy (non-hydrogen) atoms. The molecular formula is C15H22N2O2. The summed E-state index contributed by atoms with van der Waals surface area (Å²) in [7, 11) is 1.65. The first-order valence-corrected chi connectivity index (χ1v) is 6.83. The summed E-state index contributed by atoms with van der Waals surface area (Å²) in [6.07, 6.45) is 1.85. The quantitative estimate of drug-likeness (QED) is 0.868. The molecule has 2 rings (SSSR count). The predicted octanol–water partition coefficient (Wildman–Crippen LogP) is 1.70. The van der Waals surface area contributed by atoms with E-state index in [-0.39, 0.29) is 11.8 Å². The number of ether oxygens (including phenoxy) is 1. The zero-order valence-electron chi connectivity index (χ0n) is 11.6.